The molecule has 1 rings (SSSR count). The van der Waals surface area contributed by atoms with Crippen LogP contribution in [0.3, 0.4) is 0 Å². The second-order valence-electron chi connectivity index (χ2n) is 5.81. The molecule has 0 aliphatic rings. The summed E-state index contributed by atoms with van der Waals surface area (Å²) in [4.78, 5) is 0. The van der Waals surface area contributed by atoms with Crippen molar-refractivity contribution in [3.63, 3.8) is 0 Å². The minimum absolute atomic E-state index is 0.625. The Morgan fingerprint density at radius 2 is 1.61 bits per heavy atom. The highest BCUT2D eigenvalue weighted by molar-refractivity contribution is 5.23. The zero-order valence-electron chi connectivity index (χ0n) is 12.5. The molecule has 1 aromatic rings. The fraction of sp³-hybridized carbons (Fsp3) is 0.647. The Morgan fingerprint density at radius 1 is 1.00 bits per heavy atom. The van der Waals surface area contributed by atoms with Crippen LogP contribution in [0.1, 0.15) is 51.7 Å². The largest absolute Gasteiger partial charge is 0.314 e. The van der Waals surface area contributed by atoms with Crippen LogP contribution < -0.4 is 5.32 Å². The van der Waals surface area contributed by atoms with E-state index < -0.39 is 0 Å². The van der Waals surface area contributed by atoms with Crippen molar-refractivity contribution in [2.24, 2.45) is 5.92 Å². The lowest BCUT2D eigenvalue weighted by Crippen LogP contribution is -2.27. The lowest BCUT2D eigenvalue weighted by molar-refractivity contribution is 0.514. The lowest BCUT2D eigenvalue weighted by atomic mass is 9.99. The van der Waals surface area contributed by atoms with Crippen LogP contribution >= 0.6 is 0 Å². The van der Waals surface area contributed by atoms with Crippen molar-refractivity contribution in [2.45, 2.75) is 59.4 Å². The van der Waals surface area contributed by atoms with E-state index in [1.165, 1.54) is 36.8 Å². The van der Waals surface area contributed by atoms with E-state index in [0.717, 1.165) is 12.5 Å². The molecule has 0 aliphatic carbocycles. The number of aryl methyl sites for hydroxylation is 1. The number of hydrogen-bond donors (Lipinski definition) is 1. The molecule has 1 N–H and O–H groups in total. The van der Waals surface area contributed by atoms with Crippen LogP contribution in [0.25, 0.3) is 0 Å². The molecule has 102 valence electrons. The van der Waals surface area contributed by atoms with Crippen LogP contribution in [0.2, 0.25) is 0 Å². The number of benzene rings is 1. The van der Waals surface area contributed by atoms with Gasteiger partial charge in [-0.3, -0.25) is 0 Å². The van der Waals surface area contributed by atoms with Gasteiger partial charge < -0.3 is 5.32 Å². The average Bonchev–Trinajstić information content (AvgIpc) is 2.35. The maximum absolute atomic E-state index is 3.54. The summed E-state index contributed by atoms with van der Waals surface area (Å²) in [6.07, 6.45) is 4.81. The minimum Gasteiger partial charge on any atom is -0.314 e. The molecule has 0 fully saturated rings. The van der Waals surface area contributed by atoms with E-state index in [0.29, 0.717) is 6.04 Å². The van der Waals surface area contributed by atoms with Crippen LogP contribution in [-0.4, -0.2) is 12.6 Å². The van der Waals surface area contributed by atoms with Crippen LogP contribution in [0.4, 0.5) is 0 Å². The Kier molecular flexibility index (Phi) is 7.04. The van der Waals surface area contributed by atoms with Gasteiger partial charge in [0.1, 0.15) is 0 Å². The molecule has 0 spiro atoms. The standard InChI is InChI=1S/C17H29N/c1-5-12-18-15(4)6-7-16-8-10-17(11-9-16)13-14(2)3/h8-11,14-15,18H,5-7,12-13H2,1-4H3. The van der Waals surface area contributed by atoms with Gasteiger partial charge in [-0.25, -0.2) is 0 Å². The zero-order chi connectivity index (χ0) is 13.4. The number of hydrogen-bond acceptors (Lipinski definition) is 1. The van der Waals surface area contributed by atoms with E-state index in [4.69, 9.17) is 0 Å². The molecule has 0 heterocycles. The normalized spacial score (nSPS) is 12.9. The molecule has 1 heteroatoms. The summed E-state index contributed by atoms with van der Waals surface area (Å²) in [6.45, 7) is 10.2. The van der Waals surface area contributed by atoms with Gasteiger partial charge in [0.15, 0.2) is 0 Å². The van der Waals surface area contributed by atoms with E-state index in [1.54, 1.807) is 0 Å². The van der Waals surface area contributed by atoms with Crippen molar-refractivity contribution in [1.82, 2.24) is 5.32 Å². The molecule has 0 aliphatic heterocycles. The molecule has 0 radical (unpaired) electrons. The van der Waals surface area contributed by atoms with E-state index in [-0.39, 0.29) is 0 Å². The van der Waals surface area contributed by atoms with Gasteiger partial charge in [0.25, 0.3) is 0 Å². The van der Waals surface area contributed by atoms with Gasteiger partial charge in [0.05, 0.1) is 0 Å². The third-order valence-electron chi connectivity index (χ3n) is 3.28. The number of rotatable bonds is 8. The van der Waals surface area contributed by atoms with Crippen molar-refractivity contribution in [2.75, 3.05) is 6.54 Å². The monoisotopic (exact) mass is 247 g/mol. The van der Waals surface area contributed by atoms with Gasteiger partial charge in [0, 0.05) is 6.04 Å². The molecule has 1 unspecified atom stereocenters. The van der Waals surface area contributed by atoms with Gasteiger partial charge in [0.2, 0.25) is 0 Å². The molecule has 0 bridgehead atoms. The van der Waals surface area contributed by atoms with Crippen molar-refractivity contribution in [3.05, 3.63) is 35.4 Å². The molecular weight excluding hydrogens is 218 g/mol. The Balaban J connectivity index is 2.34. The molecule has 1 aromatic carbocycles. The molecule has 0 amide bonds. The first-order valence-electron chi connectivity index (χ1n) is 7.43. The van der Waals surface area contributed by atoms with E-state index in [9.17, 15) is 0 Å². The van der Waals surface area contributed by atoms with Crippen molar-refractivity contribution in [1.29, 1.82) is 0 Å². The first kappa shape index (κ1) is 15.2. The quantitative estimate of drug-likeness (QED) is 0.726. The van der Waals surface area contributed by atoms with Crippen molar-refractivity contribution in [3.8, 4) is 0 Å². The third kappa shape index (κ3) is 6.20. The summed E-state index contributed by atoms with van der Waals surface area (Å²) in [5.41, 5.74) is 2.93. The highest BCUT2D eigenvalue weighted by Gasteiger charge is 2.02. The summed E-state index contributed by atoms with van der Waals surface area (Å²) < 4.78 is 0. The third-order valence-corrected chi connectivity index (χ3v) is 3.28. The topological polar surface area (TPSA) is 12.0 Å². The highest BCUT2D eigenvalue weighted by atomic mass is 14.9. The molecule has 0 saturated heterocycles. The Labute approximate surface area is 113 Å². The van der Waals surface area contributed by atoms with Crippen LogP contribution in [0, 0.1) is 5.92 Å². The highest BCUT2D eigenvalue weighted by Crippen LogP contribution is 2.11. The SMILES string of the molecule is CCCNC(C)CCc1ccc(CC(C)C)cc1. The lowest BCUT2D eigenvalue weighted by Gasteiger charge is -2.13. The van der Waals surface area contributed by atoms with E-state index >= 15 is 0 Å². The van der Waals surface area contributed by atoms with E-state index in [2.05, 4.69) is 57.3 Å². The molecule has 18 heavy (non-hydrogen) atoms. The first-order valence-corrected chi connectivity index (χ1v) is 7.43. The maximum Gasteiger partial charge on any atom is 0.00418 e. The van der Waals surface area contributed by atoms with Crippen LogP contribution in [-0.2, 0) is 12.8 Å². The predicted molar refractivity (Wildman–Crippen MR) is 81.1 cm³/mol. The predicted octanol–water partition coefficient (Wildman–Crippen LogP) is 4.21. The molecule has 1 atom stereocenters. The van der Waals surface area contributed by atoms with Gasteiger partial charge in [-0.05, 0) is 56.2 Å². The fourth-order valence-electron chi connectivity index (χ4n) is 2.19. The Hall–Kier alpha value is -0.820. The second kappa shape index (κ2) is 8.31. The van der Waals surface area contributed by atoms with Gasteiger partial charge >= 0.3 is 0 Å². The average molecular weight is 247 g/mol. The minimum atomic E-state index is 0.625. The number of nitrogens with one attached hydrogen (secondary N) is 1. The van der Waals surface area contributed by atoms with Gasteiger partial charge in [-0.2, -0.15) is 0 Å². The fourth-order valence-corrected chi connectivity index (χ4v) is 2.19. The summed E-state index contributed by atoms with van der Waals surface area (Å²) in [6, 6.07) is 9.80. The molecule has 0 saturated carbocycles. The van der Waals surface area contributed by atoms with Crippen molar-refractivity contribution < 1.29 is 0 Å². The summed E-state index contributed by atoms with van der Waals surface area (Å²) >= 11 is 0. The van der Waals surface area contributed by atoms with Gasteiger partial charge in [-0.1, -0.05) is 45.0 Å². The zero-order valence-corrected chi connectivity index (χ0v) is 12.5. The maximum atomic E-state index is 3.54. The van der Waals surface area contributed by atoms with Crippen LogP contribution in [0.5, 0.6) is 0 Å². The smallest absolute Gasteiger partial charge is 0.00418 e. The van der Waals surface area contributed by atoms with Gasteiger partial charge in [-0.15, -0.1) is 0 Å². The summed E-state index contributed by atoms with van der Waals surface area (Å²) in [5.74, 6) is 0.745. The van der Waals surface area contributed by atoms with Crippen molar-refractivity contribution >= 4 is 0 Å². The van der Waals surface area contributed by atoms with E-state index in [1.807, 2.05) is 0 Å². The van der Waals surface area contributed by atoms with Crippen LogP contribution in [0.15, 0.2) is 24.3 Å². The second-order valence-corrected chi connectivity index (χ2v) is 5.81. The molecule has 1 nitrogen and oxygen atoms in total. The summed E-state index contributed by atoms with van der Waals surface area (Å²) in [5, 5.41) is 3.54. The molecule has 0 aromatic heterocycles. The molecular formula is C17H29N. The first-order chi connectivity index (χ1) is 8.61. The summed E-state index contributed by atoms with van der Waals surface area (Å²) in [7, 11) is 0. The Bertz CT molecular complexity index is 313. The Morgan fingerprint density at radius 3 is 2.17 bits per heavy atom.